The topological polar surface area (TPSA) is 61.3 Å². The minimum atomic E-state index is -0.250. The zero-order valence-corrected chi connectivity index (χ0v) is 8.13. The monoisotopic (exact) mass is 162 g/mol. The van der Waals surface area contributed by atoms with Crippen LogP contribution in [0.3, 0.4) is 0 Å². The number of unbranched alkanes of at least 4 members (excludes halogenated alkanes) is 1. The standard InChI is InChI=1S/C4H12N2O.C4H10/c1-3(5)7-4(2)6;1-3-4-2/h3-4H,5-6H2,1-2H3;3-4H2,1-2H3. The summed E-state index contributed by atoms with van der Waals surface area (Å²) in [7, 11) is 0. The van der Waals surface area contributed by atoms with Gasteiger partial charge in [-0.2, -0.15) is 0 Å². The van der Waals surface area contributed by atoms with Gasteiger partial charge in [0.05, 0.1) is 0 Å². The molecule has 0 aliphatic heterocycles. The zero-order valence-electron chi connectivity index (χ0n) is 8.13. The summed E-state index contributed by atoms with van der Waals surface area (Å²) in [5, 5.41) is 0. The van der Waals surface area contributed by atoms with Gasteiger partial charge in [-0.1, -0.05) is 26.7 Å². The van der Waals surface area contributed by atoms with Crippen molar-refractivity contribution in [1.29, 1.82) is 0 Å². The summed E-state index contributed by atoms with van der Waals surface area (Å²) >= 11 is 0. The largest absolute Gasteiger partial charge is 0.346 e. The average molecular weight is 162 g/mol. The fraction of sp³-hybridized carbons (Fsp3) is 1.00. The van der Waals surface area contributed by atoms with Crippen molar-refractivity contribution in [2.45, 2.75) is 53.0 Å². The first kappa shape index (κ1) is 13.5. The molecule has 0 aliphatic carbocycles. The average Bonchev–Trinajstić information content (AvgIpc) is 1.85. The first-order valence-electron chi connectivity index (χ1n) is 4.21. The molecule has 0 aliphatic rings. The van der Waals surface area contributed by atoms with Gasteiger partial charge in [0.25, 0.3) is 0 Å². The molecule has 0 bridgehead atoms. The van der Waals surface area contributed by atoms with Crippen molar-refractivity contribution in [3.05, 3.63) is 0 Å². The molecule has 0 aromatic carbocycles. The number of ether oxygens (including phenoxy) is 1. The SMILES string of the molecule is CC(N)OC(C)N.CCCC. The number of hydrogen-bond donors (Lipinski definition) is 2. The van der Waals surface area contributed by atoms with Gasteiger partial charge in [0.15, 0.2) is 0 Å². The predicted molar refractivity (Wildman–Crippen MR) is 49.0 cm³/mol. The summed E-state index contributed by atoms with van der Waals surface area (Å²) in [5.74, 6) is 0. The number of hydrogen-bond acceptors (Lipinski definition) is 3. The molecule has 11 heavy (non-hydrogen) atoms. The quantitative estimate of drug-likeness (QED) is 0.617. The maximum absolute atomic E-state index is 5.19. The Bertz CT molecular complexity index is 57.1. The highest BCUT2D eigenvalue weighted by Gasteiger charge is 1.94. The Morgan fingerprint density at radius 2 is 1.27 bits per heavy atom. The minimum Gasteiger partial charge on any atom is -0.346 e. The fourth-order valence-electron chi connectivity index (χ4n) is 0.339. The first-order chi connectivity index (χ1) is 5.04. The van der Waals surface area contributed by atoms with Crippen LogP contribution in [0.1, 0.15) is 40.5 Å². The summed E-state index contributed by atoms with van der Waals surface area (Å²) in [5.41, 5.74) is 10.4. The van der Waals surface area contributed by atoms with Gasteiger partial charge in [0.1, 0.15) is 12.5 Å². The molecule has 0 fully saturated rings. The van der Waals surface area contributed by atoms with E-state index in [0.717, 1.165) is 0 Å². The second kappa shape index (κ2) is 9.88. The number of nitrogens with two attached hydrogens (primary N) is 2. The van der Waals surface area contributed by atoms with Crippen LogP contribution >= 0.6 is 0 Å². The van der Waals surface area contributed by atoms with Gasteiger partial charge < -0.3 is 16.2 Å². The van der Waals surface area contributed by atoms with Crippen LogP contribution in [0.25, 0.3) is 0 Å². The van der Waals surface area contributed by atoms with Gasteiger partial charge in [-0.05, 0) is 13.8 Å². The Morgan fingerprint density at radius 1 is 1.00 bits per heavy atom. The molecular weight excluding hydrogens is 140 g/mol. The van der Waals surface area contributed by atoms with Crippen LogP contribution in [-0.4, -0.2) is 12.5 Å². The smallest absolute Gasteiger partial charge is 0.104 e. The fourth-order valence-corrected chi connectivity index (χ4v) is 0.339. The molecule has 0 aromatic rings. The lowest BCUT2D eigenvalue weighted by atomic mass is 10.4. The third kappa shape index (κ3) is 25.8. The molecule has 4 N–H and O–H groups in total. The number of rotatable bonds is 3. The van der Waals surface area contributed by atoms with Crippen molar-refractivity contribution in [2.24, 2.45) is 11.5 Å². The van der Waals surface area contributed by atoms with Gasteiger partial charge in [-0.15, -0.1) is 0 Å². The lowest BCUT2D eigenvalue weighted by Gasteiger charge is -2.09. The summed E-state index contributed by atoms with van der Waals surface area (Å²) in [6, 6.07) is 0. The van der Waals surface area contributed by atoms with Crippen LogP contribution in [0.2, 0.25) is 0 Å². The van der Waals surface area contributed by atoms with E-state index in [1.165, 1.54) is 12.8 Å². The van der Waals surface area contributed by atoms with E-state index < -0.39 is 0 Å². The Morgan fingerprint density at radius 3 is 1.27 bits per heavy atom. The lowest BCUT2D eigenvalue weighted by molar-refractivity contribution is 0.0161. The van der Waals surface area contributed by atoms with Crippen LogP contribution < -0.4 is 11.5 Å². The van der Waals surface area contributed by atoms with E-state index in [1.54, 1.807) is 13.8 Å². The van der Waals surface area contributed by atoms with Gasteiger partial charge in [-0.3, -0.25) is 0 Å². The van der Waals surface area contributed by atoms with E-state index in [0.29, 0.717) is 0 Å². The van der Waals surface area contributed by atoms with E-state index in [-0.39, 0.29) is 12.5 Å². The second-order valence-corrected chi connectivity index (χ2v) is 2.55. The van der Waals surface area contributed by atoms with E-state index in [2.05, 4.69) is 13.8 Å². The van der Waals surface area contributed by atoms with Crippen molar-refractivity contribution >= 4 is 0 Å². The van der Waals surface area contributed by atoms with Crippen LogP contribution in [-0.2, 0) is 4.74 Å². The Hall–Kier alpha value is -0.120. The van der Waals surface area contributed by atoms with Gasteiger partial charge >= 0.3 is 0 Å². The lowest BCUT2D eigenvalue weighted by Crippen LogP contribution is -2.29. The van der Waals surface area contributed by atoms with Crippen molar-refractivity contribution in [3.63, 3.8) is 0 Å². The van der Waals surface area contributed by atoms with E-state index in [9.17, 15) is 0 Å². The third-order valence-corrected chi connectivity index (χ3v) is 0.929. The van der Waals surface area contributed by atoms with Crippen molar-refractivity contribution in [3.8, 4) is 0 Å². The maximum atomic E-state index is 5.19. The third-order valence-electron chi connectivity index (χ3n) is 0.929. The molecule has 0 heterocycles. The molecular formula is C8H22N2O. The molecule has 0 saturated heterocycles. The Kier molecular flexibility index (Phi) is 12.1. The molecule has 0 radical (unpaired) electrons. The van der Waals surface area contributed by atoms with Crippen LogP contribution in [0.15, 0.2) is 0 Å². The minimum absolute atomic E-state index is 0.250. The highest BCUT2D eigenvalue weighted by atomic mass is 16.5. The molecule has 0 spiro atoms. The first-order valence-corrected chi connectivity index (χ1v) is 4.21. The van der Waals surface area contributed by atoms with Crippen LogP contribution in [0, 0.1) is 0 Å². The Balaban J connectivity index is 0. The highest BCUT2D eigenvalue weighted by Crippen LogP contribution is 1.82. The summed E-state index contributed by atoms with van der Waals surface area (Å²) in [6.45, 7) is 7.84. The Labute approximate surface area is 70.1 Å². The van der Waals surface area contributed by atoms with E-state index in [4.69, 9.17) is 16.2 Å². The summed E-state index contributed by atoms with van der Waals surface area (Å²) in [4.78, 5) is 0. The summed E-state index contributed by atoms with van der Waals surface area (Å²) < 4.78 is 4.81. The van der Waals surface area contributed by atoms with Crippen LogP contribution in [0.5, 0.6) is 0 Å². The van der Waals surface area contributed by atoms with Crippen molar-refractivity contribution in [1.82, 2.24) is 0 Å². The van der Waals surface area contributed by atoms with Crippen LogP contribution in [0.4, 0.5) is 0 Å². The van der Waals surface area contributed by atoms with Gasteiger partial charge in [0.2, 0.25) is 0 Å². The molecule has 2 atom stereocenters. The highest BCUT2D eigenvalue weighted by molar-refractivity contribution is 4.36. The predicted octanol–water partition coefficient (Wildman–Crippen LogP) is 1.42. The van der Waals surface area contributed by atoms with E-state index in [1.807, 2.05) is 0 Å². The van der Waals surface area contributed by atoms with Gasteiger partial charge in [0, 0.05) is 0 Å². The maximum Gasteiger partial charge on any atom is 0.104 e. The molecule has 0 aromatic heterocycles. The molecule has 2 unspecified atom stereocenters. The summed E-state index contributed by atoms with van der Waals surface area (Å²) in [6.07, 6.45) is 2.14. The second-order valence-electron chi connectivity index (χ2n) is 2.55. The zero-order chi connectivity index (χ0) is 9.28. The molecule has 0 amide bonds. The van der Waals surface area contributed by atoms with Crippen molar-refractivity contribution in [2.75, 3.05) is 0 Å². The molecule has 3 nitrogen and oxygen atoms in total. The van der Waals surface area contributed by atoms with Crippen molar-refractivity contribution < 1.29 is 4.74 Å². The molecule has 3 heteroatoms. The van der Waals surface area contributed by atoms with E-state index >= 15 is 0 Å². The normalized spacial score (nSPS) is 14.7. The molecule has 0 saturated carbocycles. The molecule has 0 rings (SSSR count). The van der Waals surface area contributed by atoms with Gasteiger partial charge in [-0.25, -0.2) is 0 Å². The molecule has 70 valence electrons.